The highest BCUT2D eigenvalue weighted by Crippen LogP contribution is 2.32. The maximum absolute atomic E-state index is 13.0. The smallest absolute Gasteiger partial charge is 0.339 e. The molecule has 0 radical (unpaired) electrons. The number of esters is 1. The molecule has 0 aromatic heterocycles. The van der Waals surface area contributed by atoms with Crippen molar-refractivity contribution < 1.29 is 14.3 Å². The number of nitrogens with one attached hydrogen (secondary N) is 1. The molecule has 0 spiro atoms. The van der Waals surface area contributed by atoms with E-state index in [1.54, 1.807) is 19.1 Å². The van der Waals surface area contributed by atoms with Crippen LogP contribution in [0.2, 0.25) is 0 Å². The Hall–Kier alpha value is -3.40. The Labute approximate surface area is 157 Å². The summed E-state index contributed by atoms with van der Waals surface area (Å²) in [6, 6.07) is 24.7. The number of fused-ring (bicyclic) bond motifs is 1. The van der Waals surface area contributed by atoms with Crippen LogP contribution in [0.1, 0.15) is 22.8 Å². The number of hydrogen-bond donors (Lipinski definition) is 1. The SMILES string of the molecule is CC1(C(=O)Nc2ccccc2-c2ccccc2)Cc2ccccc2C(=O)O1. The van der Waals surface area contributed by atoms with E-state index in [-0.39, 0.29) is 5.91 Å². The fourth-order valence-electron chi connectivity index (χ4n) is 3.38. The van der Waals surface area contributed by atoms with E-state index >= 15 is 0 Å². The van der Waals surface area contributed by atoms with Crippen molar-refractivity contribution >= 4 is 17.6 Å². The van der Waals surface area contributed by atoms with Crippen molar-refractivity contribution in [1.82, 2.24) is 0 Å². The second kappa shape index (κ2) is 6.72. The zero-order chi connectivity index (χ0) is 18.9. The maximum atomic E-state index is 13.0. The van der Waals surface area contributed by atoms with E-state index in [1.165, 1.54) is 0 Å². The molecule has 4 heteroatoms. The van der Waals surface area contributed by atoms with Gasteiger partial charge in [-0.3, -0.25) is 4.79 Å². The van der Waals surface area contributed by atoms with Crippen LogP contribution < -0.4 is 5.32 Å². The molecule has 1 amide bonds. The summed E-state index contributed by atoms with van der Waals surface area (Å²) in [5.74, 6) is -0.806. The molecule has 4 rings (SSSR count). The third-order valence-corrected chi connectivity index (χ3v) is 4.82. The molecule has 3 aromatic rings. The molecule has 1 heterocycles. The zero-order valence-electron chi connectivity index (χ0n) is 14.9. The molecule has 134 valence electrons. The highest BCUT2D eigenvalue weighted by molar-refractivity contribution is 6.04. The molecule has 1 atom stereocenters. The monoisotopic (exact) mass is 357 g/mol. The topological polar surface area (TPSA) is 55.4 Å². The van der Waals surface area contributed by atoms with Crippen LogP contribution in [-0.2, 0) is 16.0 Å². The molecule has 3 aromatic carbocycles. The fraction of sp³-hybridized carbons (Fsp3) is 0.130. The summed E-state index contributed by atoms with van der Waals surface area (Å²) in [6.45, 7) is 1.65. The van der Waals surface area contributed by atoms with Crippen LogP contribution in [0.5, 0.6) is 0 Å². The van der Waals surface area contributed by atoms with Crippen molar-refractivity contribution in [3.63, 3.8) is 0 Å². The van der Waals surface area contributed by atoms with Crippen LogP contribution in [0.25, 0.3) is 11.1 Å². The number of para-hydroxylation sites is 1. The summed E-state index contributed by atoms with van der Waals surface area (Å²) in [7, 11) is 0. The molecule has 0 bridgehead atoms. The van der Waals surface area contributed by atoms with Gasteiger partial charge in [0.15, 0.2) is 5.60 Å². The van der Waals surface area contributed by atoms with E-state index < -0.39 is 11.6 Å². The number of carbonyl (C=O) groups is 2. The van der Waals surface area contributed by atoms with E-state index in [4.69, 9.17) is 4.74 Å². The number of carbonyl (C=O) groups excluding carboxylic acids is 2. The lowest BCUT2D eigenvalue weighted by atomic mass is 9.89. The highest BCUT2D eigenvalue weighted by Gasteiger charge is 2.42. The lowest BCUT2D eigenvalue weighted by molar-refractivity contribution is -0.134. The first-order valence-electron chi connectivity index (χ1n) is 8.84. The number of cyclic esters (lactones) is 1. The van der Waals surface area contributed by atoms with Crippen LogP contribution >= 0.6 is 0 Å². The highest BCUT2D eigenvalue weighted by atomic mass is 16.6. The first kappa shape index (κ1) is 17.0. The average Bonchev–Trinajstić information content (AvgIpc) is 2.69. The lowest BCUT2D eigenvalue weighted by Gasteiger charge is -2.33. The number of ether oxygens (including phenoxy) is 1. The first-order valence-corrected chi connectivity index (χ1v) is 8.84. The number of rotatable bonds is 3. The molecule has 1 aliphatic heterocycles. The summed E-state index contributed by atoms with van der Waals surface area (Å²) in [5, 5.41) is 2.95. The molecule has 0 aliphatic carbocycles. The molecular formula is C23H19NO3. The predicted octanol–water partition coefficient (Wildman–Crippen LogP) is 4.46. The molecule has 1 aliphatic rings. The quantitative estimate of drug-likeness (QED) is 0.704. The van der Waals surface area contributed by atoms with Crippen molar-refractivity contribution in [3.8, 4) is 11.1 Å². The molecule has 1 N–H and O–H groups in total. The summed E-state index contributed by atoms with van der Waals surface area (Å²) in [4.78, 5) is 25.4. The van der Waals surface area contributed by atoms with Gasteiger partial charge in [0.25, 0.3) is 5.91 Å². The van der Waals surface area contributed by atoms with Gasteiger partial charge in [-0.1, -0.05) is 66.7 Å². The minimum absolute atomic E-state index is 0.339. The van der Waals surface area contributed by atoms with Gasteiger partial charge in [-0.05, 0) is 30.2 Å². The standard InChI is InChI=1S/C23H19NO3/c1-23(15-17-11-5-6-13-19(17)21(25)27-23)22(26)24-20-14-8-7-12-18(20)16-9-3-2-4-10-16/h2-14H,15H2,1H3,(H,24,26). The molecular weight excluding hydrogens is 338 g/mol. The molecule has 4 nitrogen and oxygen atoms in total. The van der Waals surface area contributed by atoms with Gasteiger partial charge in [0.1, 0.15) is 0 Å². The van der Waals surface area contributed by atoms with Crippen LogP contribution in [0.15, 0.2) is 78.9 Å². The van der Waals surface area contributed by atoms with Gasteiger partial charge >= 0.3 is 5.97 Å². The number of anilines is 1. The summed E-state index contributed by atoms with van der Waals surface area (Å²) in [5.41, 5.74) is 2.69. The van der Waals surface area contributed by atoms with Crippen molar-refractivity contribution in [3.05, 3.63) is 90.0 Å². The van der Waals surface area contributed by atoms with Gasteiger partial charge in [0.05, 0.1) is 5.56 Å². The Bertz CT molecular complexity index is 1010. The van der Waals surface area contributed by atoms with E-state index in [0.29, 0.717) is 17.7 Å². The minimum Gasteiger partial charge on any atom is -0.445 e. The zero-order valence-corrected chi connectivity index (χ0v) is 14.9. The van der Waals surface area contributed by atoms with Crippen molar-refractivity contribution in [2.45, 2.75) is 18.9 Å². The number of amides is 1. The van der Waals surface area contributed by atoms with E-state index in [2.05, 4.69) is 5.32 Å². The Balaban J connectivity index is 1.63. The Morgan fingerprint density at radius 2 is 1.52 bits per heavy atom. The maximum Gasteiger partial charge on any atom is 0.339 e. The Morgan fingerprint density at radius 3 is 2.30 bits per heavy atom. The third kappa shape index (κ3) is 3.22. The summed E-state index contributed by atoms with van der Waals surface area (Å²) in [6.07, 6.45) is 0.342. The van der Waals surface area contributed by atoms with Crippen LogP contribution in [0.4, 0.5) is 5.69 Å². The third-order valence-electron chi connectivity index (χ3n) is 4.82. The molecule has 27 heavy (non-hydrogen) atoms. The van der Waals surface area contributed by atoms with Gasteiger partial charge in [-0.15, -0.1) is 0 Å². The second-order valence-electron chi connectivity index (χ2n) is 6.82. The van der Waals surface area contributed by atoms with Gasteiger partial charge in [-0.2, -0.15) is 0 Å². The van der Waals surface area contributed by atoms with Crippen molar-refractivity contribution in [2.24, 2.45) is 0 Å². The second-order valence-corrected chi connectivity index (χ2v) is 6.82. The predicted molar refractivity (Wildman–Crippen MR) is 104 cm³/mol. The largest absolute Gasteiger partial charge is 0.445 e. The first-order chi connectivity index (χ1) is 13.1. The average molecular weight is 357 g/mol. The van der Waals surface area contributed by atoms with Gasteiger partial charge in [0, 0.05) is 17.7 Å². The van der Waals surface area contributed by atoms with Gasteiger partial charge < -0.3 is 10.1 Å². The van der Waals surface area contributed by atoms with Gasteiger partial charge in [0.2, 0.25) is 0 Å². The lowest BCUT2D eigenvalue weighted by Crippen LogP contribution is -2.48. The number of hydrogen-bond acceptors (Lipinski definition) is 3. The Morgan fingerprint density at radius 1 is 0.889 bits per heavy atom. The van der Waals surface area contributed by atoms with E-state index in [9.17, 15) is 9.59 Å². The molecule has 0 fully saturated rings. The van der Waals surface area contributed by atoms with Crippen LogP contribution in [-0.4, -0.2) is 17.5 Å². The fourth-order valence-corrected chi connectivity index (χ4v) is 3.38. The Kier molecular flexibility index (Phi) is 4.24. The summed E-state index contributed by atoms with van der Waals surface area (Å²) >= 11 is 0. The molecule has 0 saturated heterocycles. The van der Waals surface area contributed by atoms with Gasteiger partial charge in [-0.25, -0.2) is 4.79 Å². The minimum atomic E-state index is -1.25. The van der Waals surface area contributed by atoms with Crippen molar-refractivity contribution in [2.75, 3.05) is 5.32 Å². The number of benzene rings is 3. The van der Waals surface area contributed by atoms with Crippen LogP contribution in [0.3, 0.4) is 0 Å². The van der Waals surface area contributed by atoms with Crippen molar-refractivity contribution in [1.29, 1.82) is 0 Å². The van der Waals surface area contributed by atoms with E-state index in [1.807, 2.05) is 66.7 Å². The molecule has 0 saturated carbocycles. The summed E-state index contributed by atoms with van der Waals surface area (Å²) < 4.78 is 5.53. The van der Waals surface area contributed by atoms with Crippen LogP contribution in [0, 0.1) is 0 Å². The van der Waals surface area contributed by atoms with E-state index in [0.717, 1.165) is 16.7 Å². The molecule has 1 unspecified atom stereocenters. The normalized spacial score (nSPS) is 18.3.